The van der Waals surface area contributed by atoms with Gasteiger partial charge >= 0.3 is 0 Å². The highest BCUT2D eigenvalue weighted by Crippen LogP contribution is 2.04. The van der Waals surface area contributed by atoms with Gasteiger partial charge in [-0.3, -0.25) is 0 Å². The van der Waals surface area contributed by atoms with E-state index in [0.717, 1.165) is 32.1 Å². The molecule has 82 valence electrons. The maximum Gasteiger partial charge on any atom is 0.130 e. The van der Waals surface area contributed by atoms with Crippen LogP contribution in [0.2, 0.25) is 0 Å². The Morgan fingerprint density at radius 2 is 1.93 bits per heavy atom. The van der Waals surface area contributed by atoms with Crippen molar-refractivity contribution in [1.82, 2.24) is 0 Å². The molecule has 0 radical (unpaired) electrons. The molecule has 0 rings (SSSR count). The molecule has 0 aromatic carbocycles. The monoisotopic (exact) mass is 198 g/mol. The van der Waals surface area contributed by atoms with Crippen LogP contribution in [0.5, 0.6) is 0 Å². The quantitative estimate of drug-likeness (QED) is 0.481. The molecule has 0 saturated carbocycles. The second-order valence-electron chi connectivity index (χ2n) is 3.85. The molecule has 14 heavy (non-hydrogen) atoms. The summed E-state index contributed by atoms with van der Waals surface area (Å²) in [6.45, 7) is 3.44. The molecule has 1 N–H and O–H groups in total. The summed E-state index contributed by atoms with van der Waals surface area (Å²) in [4.78, 5) is 10.6. The van der Waals surface area contributed by atoms with Gasteiger partial charge in [-0.15, -0.1) is 0 Å². The molecule has 0 heterocycles. The number of hydrogen-bond donors (Lipinski definition) is 1. The zero-order chi connectivity index (χ0) is 10.8. The Bertz CT molecular complexity index is 171. The molecule has 0 fully saturated rings. The highest BCUT2D eigenvalue weighted by molar-refractivity contribution is 5.75. The van der Waals surface area contributed by atoms with E-state index in [1.165, 1.54) is 0 Å². The van der Waals surface area contributed by atoms with Gasteiger partial charge in [0.1, 0.15) is 5.78 Å². The maximum atomic E-state index is 10.6. The lowest BCUT2D eigenvalue weighted by Gasteiger charge is -2.01. The maximum absolute atomic E-state index is 10.6. The van der Waals surface area contributed by atoms with Crippen LogP contribution in [0.25, 0.3) is 0 Å². The fourth-order valence-corrected chi connectivity index (χ4v) is 1.22. The zero-order valence-electron chi connectivity index (χ0n) is 9.33. The van der Waals surface area contributed by atoms with Crippen molar-refractivity contribution < 1.29 is 9.90 Å². The van der Waals surface area contributed by atoms with E-state index in [-0.39, 0.29) is 11.9 Å². The average Bonchev–Trinajstić information content (AvgIpc) is 2.08. The lowest BCUT2D eigenvalue weighted by Crippen LogP contribution is -1.97. The summed E-state index contributed by atoms with van der Waals surface area (Å²) in [5.74, 6) is 0.253. The van der Waals surface area contributed by atoms with E-state index in [9.17, 15) is 4.79 Å². The number of carbonyl (C=O) groups excluding carboxylic acids is 1. The number of aliphatic hydroxyl groups is 1. The van der Waals surface area contributed by atoms with Crippen molar-refractivity contribution in [3.63, 3.8) is 0 Å². The lowest BCUT2D eigenvalue weighted by atomic mass is 10.1. The first-order valence-corrected chi connectivity index (χ1v) is 5.45. The molecule has 1 atom stereocenters. The highest BCUT2D eigenvalue weighted by atomic mass is 16.3. The molecule has 0 aromatic heterocycles. The first-order chi connectivity index (χ1) is 6.63. The van der Waals surface area contributed by atoms with Gasteiger partial charge in [-0.05, 0) is 39.5 Å². The standard InChI is InChI=1S/C12H22O2/c1-11(13)9-7-5-3-4-6-8-10-12(2)14/h3,5,12,14H,4,6-10H2,1-2H3. The number of allylic oxidation sites excluding steroid dienone is 2. The first-order valence-electron chi connectivity index (χ1n) is 5.45. The third-order valence-corrected chi connectivity index (χ3v) is 2.07. The van der Waals surface area contributed by atoms with Gasteiger partial charge < -0.3 is 9.90 Å². The number of rotatable bonds is 8. The number of Topliss-reactive ketones (excluding diaryl/α,β-unsaturated/α-hetero) is 1. The van der Waals surface area contributed by atoms with Gasteiger partial charge in [0, 0.05) is 6.42 Å². The number of unbranched alkanes of at least 4 members (excludes halogenated alkanes) is 2. The molecule has 2 heteroatoms. The largest absolute Gasteiger partial charge is 0.393 e. The first kappa shape index (κ1) is 13.4. The smallest absolute Gasteiger partial charge is 0.130 e. The summed E-state index contributed by atoms with van der Waals surface area (Å²) in [6.07, 6.45) is 9.71. The van der Waals surface area contributed by atoms with E-state index in [0.29, 0.717) is 6.42 Å². The van der Waals surface area contributed by atoms with Gasteiger partial charge in [-0.25, -0.2) is 0 Å². The summed E-state index contributed by atoms with van der Waals surface area (Å²) >= 11 is 0. The van der Waals surface area contributed by atoms with E-state index in [1.807, 2.05) is 6.92 Å². The van der Waals surface area contributed by atoms with Crippen molar-refractivity contribution in [3.8, 4) is 0 Å². The average molecular weight is 198 g/mol. The molecule has 0 bridgehead atoms. The minimum atomic E-state index is -0.170. The van der Waals surface area contributed by atoms with E-state index in [4.69, 9.17) is 5.11 Å². The Kier molecular flexibility index (Phi) is 8.54. The van der Waals surface area contributed by atoms with Gasteiger partial charge in [0.05, 0.1) is 6.10 Å². The topological polar surface area (TPSA) is 37.3 Å². The zero-order valence-corrected chi connectivity index (χ0v) is 9.33. The molecule has 0 aliphatic heterocycles. The Morgan fingerprint density at radius 1 is 1.29 bits per heavy atom. The predicted octanol–water partition coefficient (Wildman–Crippen LogP) is 2.85. The molecule has 1 unspecified atom stereocenters. The van der Waals surface area contributed by atoms with Crippen molar-refractivity contribution in [2.24, 2.45) is 0 Å². The lowest BCUT2D eigenvalue weighted by molar-refractivity contribution is -0.116. The van der Waals surface area contributed by atoms with Crippen LogP contribution in [0.1, 0.15) is 52.4 Å². The van der Waals surface area contributed by atoms with Crippen molar-refractivity contribution in [2.45, 2.75) is 58.5 Å². The van der Waals surface area contributed by atoms with Gasteiger partial charge in [-0.2, -0.15) is 0 Å². The van der Waals surface area contributed by atoms with Gasteiger partial charge in [0.2, 0.25) is 0 Å². The number of carbonyl (C=O) groups is 1. The summed E-state index contributed by atoms with van der Waals surface area (Å²) in [5.41, 5.74) is 0. The third-order valence-electron chi connectivity index (χ3n) is 2.07. The van der Waals surface area contributed by atoms with E-state index >= 15 is 0 Å². The fourth-order valence-electron chi connectivity index (χ4n) is 1.22. The molecule has 0 aliphatic rings. The molecular weight excluding hydrogens is 176 g/mol. The number of ketones is 1. The molecule has 2 nitrogen and oxygen atoms in total. The van der Waals surface area contributed by atoms with E-state index in [2.05, 4.69) is 12.2 Å². The van der Waals surface area contributed by atoms with Crippen molar-refractivity contribution in [3.05, 3.63) is 12.2 Å². The van der Waals surface area contributed by atoms with Crippen LogP contribution < -0.4 is 0 Å². The molecular formula is C12H22O2. The molecule has 0 aliphatic carbocycles. The minimum absolute atomic E-state index is 0.170. The van der Waals surface area contributed by atoms with Gasteiger partial charge in [-0.1, -0.05) is 18.6 Å². The molecule has 0 saturated heterocycles. The van der Waals surface area contributed by atoms with Crippen molar-refractivity contribution in [1.29, 1.82) is 0 Å². The van der Waals surface area contributed by atoms with Crippen LogP contribution in [0.3, 0.4) is 0 Å². The third kappa shape index (κ3) is 11.4. The van der Waals surface area contributed by atoms with Crippen LogP contribution in [0.15, 0.2) is 12.2 Å². The fraction of sp³-hybridized carbons (Fsp3) is 0.750. The Labute approximate surface area is 87.0 Å². The van der Waals surface area contributed by atoms with Crippen molar-refractivity contribution >= 4 is 5.78 Å². The second-order valence-corrected chi connectivity index (χ2v) is 3.85. The Hall–Kier alpha value is -0.630. The van der Waals surface area contributed by atoms with E-state index < -0.39 is 0 Å². The van der Waals surface area contributed by atoms with Crippen LogP contribution in [0.4, 0.5) is 0 Å². The summed E-state index contributed by atoms with van der Waals surface area (Å²) in [6, 6.07) is 0. The molecule has 0 spiro atoms. The van der Waals surface area contributed by atoms with Crippen LogP contribution in [0, 0.1) is 0 Å². The number of aliphatic hydroxyl groups excluding tert-OH is 1. The predicted molar refractivity (Wildman–Crippen MR) is 59.2 cm³/mol. The second kappa shape index (κ2) is 8.95. The van der Waals surface area contributed by atoms with Crippen LogP contribution >= 0.6 is 0 Å². The van der Waals surface area contributed by atoms with E-state index in [1.54, 1.807) is 6.92 Å². The SMILES string of the molecule is CC(=O)CCC=CCCCCC(C)O. The molecule has 0 amide bonds. The highest BCUT2D eigenvalue weighted by Gasteiger charge is 1.93. The molecule has 0 aromatic rings. The normalized spacial score (nSPS) is 13.4. The van der Waals surface area contributed by atoms with Crippen LogP contribution in [-0.4, -0.2) is 17.0 Å². The Morgan fingerprint density at radius 3 is 2.50 bits per heavy atom. The number of hydrogen-bond acceptors (Lipinski definition) is 2. The summed E-state index contributed by atoms with van der Waals surface area (Å²) in [7, 11) is 0. The minimum Gasteiger partial charge on any atom is -0.393 e. The van der Waals surface area contributed by atoms with Crippen LogP contribution in [-0.2, 0) is 4.79 Å². The summed E-state index contributed by atoms with van der Waals surface area (Å²) < 4.78 is 0. The Balaban J connectivity index is 3.15. The van der Waals surface area contributed by atoms with Gasteiger partial charge in [0.25, 0.3) is 0 Å². The summed E-state index contributed by atoms with van der Waals surface area (Å²) in [5, 5.41) is 9.00. The van der Waals surface area contributed by atoms with Gasteiger partial charge in [0.15, 0.2) is 0 Å². The van der Waals surface area contributed by atoms with Crippen molar-refractivity contribution in [2.75, 3.05) is 0 Å².